The van der Waals surface area contributed by atoms with Crippen molar-refractivity contribution in [3.8, 4) is 0 Å². The molecule has 0 N–H and O–H groups in total. The molecule has 0 unspecified atom stereocenters. The number of hydrogen-bond acceptors (Lipinski definition) is 3. The average molecular weight is 292 g/mol. The van der Waals surface area contributed by atoms with Crippen LogP contribution >= 0.6 is 11.6 Å². The van der Waals surface area contributed by atoms with Gasteiger partial charge < -0.3 is 0 Å². The molecule has 106 valence electrons. The highest BCUT2D eigenvalue weighted by Gasteiger charge is 2.18. The van der Waals surface area contributed by atoms with E-state index in [1.807, 2.05) is 20.9 Å². The maximum atomic E-state index is 12.5. The van der Waals surface area contributed by atoms with E-state index in [1.165, 1.54) is 0 Å². The van der Waals surface area contributed by atoms with E-state index in [-0.39, 0.29) is 12.2 Å². The van der Waals surface area contributed by atoms with Gasteiger partial charge in [0.1, 0.15) is 0 Å². The van der Waals surface area contributed by atoms with Crippen LogP contribution in [0.2, 0.25) is 5.02 Å². The van der Waals surface area contributed by atoms with Gasteiger partial charge >= 0.3 is 0 Å². The number of carbonyl (C=O) groups excluding carboxylic acids is 1. The second kappa shape index (κ2) is 6.18. The fourth-order valence-electron chi connectivity index (χ4n) is 2.24. The first-order valence-electron chi connectivity index (χ1n) is 6.74. The van der Waals surface area contributed by atoms with Gasteiger partial charge in [0.05, 0.1) is 22.8 Å². The molecular weight excluding hydrogens is 274 g/mol. The first kappa shape index (κ1) is 14.7. The molecule has 0 atom stereocenters. The van der Waals surface area contributed by atoms with Crippen molar-refractivity contribution in [1.29, 1.82) is 0 Å². The second-order valence-electron chi connectivity index (χ2n) is 4.67. The Morgan fingerprint density at radius 3 is 2.70 bits per heavy atom. The molecule has 2 aromatic rings. The van der Waals surface area contributed by atoms with Crippen molar-refractivity contribution in [1.82, 2.24) is 14.8 Å². The summed E-state index contributed by atoms with van der Waals surface area (Å²) in [5, 5.41) is 4.95. The molecule has 4 nitrogen and oxygen atoms in total. The highest BCUT2D eigenvalue weighted by Crippen LogP contribution is 2.23. The standard InChI is InChI=1S/C15H18ClN3O/c1-4-10-9-17-7-6-11(10)14(20)8-13-15(16)12(5-2)18-19(13)3/h6-7,9H,4-5,8H2,1-3H3. The molecule has 0 aliphatic rings. The van der Waals surface area contributed by atoms with Crippen molar-refractivity contribution in [2.75, 3.05) is 0 Å². The van der Waals surface area contributed by atoms with Gasteiger partial charge in [0.15, 0.2) is 5.78 Å². The molecule has 0 fully saturated rings. The second-order valence-corrected chi connectivity index (χ2v) is 5.05. The summed E-state index contributed by atoms with van der Waals surface area (Å²) in [7, 11) is 1.82. The van der Waals surface area contributed by atoms with Crippen LogP contribution in [0, 0.1) is 0 Å². The van der Waals surface area contributed by atoms with E-state index < -0.39 is 0 Å². The van der Waals surface area contributed by atoms with Crippen molar-refractivity contribution in [2.45, 2.75) is 33.1 Å². The van der Waals surface area contributed by atoms with Crippen LogP contribution in [0.4, 0.5) is 0 Å². The van der Waals surface area contributed by atoms with Crippen LogP contribution < -0.4 is 0 Å². The van der Waals surface area contributed by atoms with Gasteiger partial charge in [0.2, 0.25) is 0 Å². The molecule has 2 heterocycles. The minimum absolute atomic E-state index is 0.0526. The van der Waals surface area contributed by atoms with E-state index in [0.717, 1.165) is 35.4 Å². The Kier molecular flexibility index (Phi) is 4.55. The van der Waals surface area contributed by atoms with Crippen molar-refractivity contribution >= 4 is 17.4 Å². The molecule has 20 heavy (non-hydrogen) atoms. The lowest BCUT2D eigenvalue weighted by atomic mass is 10.0. The van der Waals surface area contributed by atoms with E-state index in [4.69, 9.17) is 11.6 Å². The molecule has 2 aromatic heterocycles. The van der Waals surface area contributed by atoms with E-state index in [1.54, 1.807) is 23.1 Å². The molecule has 2 rings (SSSR count). The lowest BCUT2D eigenvalue weighted by Crippen LogP contribution is -2.10. The third kappa shape index (κ3) is 2.75. The monoisotopic (exact) mass is 291 g/mol. The van der Waals surface area contributed by atoms with Gasteiger partial charge in [-0.25, -0.2) is 0 Å². The molecule has 0 spiro atoms. The van der Waals surface area contributed by atoms with Crippen molar-refractivity contribution < 1.29 is 4.79 Å². The van der Waals surface area contributed by atoms with Crippen LogP contribution in [0.25, 0.3) is 0 Å². The quantitative estimate of drug-likeness (QED) is 0.796. The Labute approximate surface area is 123 Å². The van der Waals surface area contributed by atoms with E-state index >= 15 is 0 Å². The Hall–Kier alpha value is -1.68. The summed E-state index contributed by atoms with van der Waals surface area (Å²) in [4.78, 5) is 16.5. The molecular formula is C15H18ClN3O. The predicted octanol–water partition coefficient (Wildman–Crippen LogP) is 3.02. The van der Waals surface area contributed by atoms with Gasteiger partial charge in [-0.2, -0.15) is 5.10 Å². The first-order chi connectivity index (χ1) is 9.58. The van der Waals surface area contributed by atoms with Crippen LogP contribution in [-0.2, 0) is 26.3 Å². The molecule has 0 bridgehead atoms. The zero-order valence-corrected chi connectivity index (χ0v) is 12.7. The molecule has 0 saturated heterocycles. The Bertz CT molecular complexity index is 634. The SMILES string of the molecule is CCc1cnccc1C(=O)Cc1c(Cl)c(CC)nn1C. The normalized spacial score (nSPS) is 10.8. The van der Waals surface area contributed by atoms with Crippen LogP contribution in [0.1, 0.15) is 41.2 Å². The maximum Gasteiger partial charge on any atom is 0.169 e. The molecule has 0 saturated carbocycles. The Morgan fingerprint density at radius 1 is 1.35 bits per heavy atom. The predicted molar refractivity (Wildman–Crippen MR) is 79.2 cm³/mol. The topological polar surface area (TPSA) is 47.8 Å². The van der Waals surface area contributed by atoms with E-state index in [9.17, 15) is 4.79 Å². The number of rotatable bonds is 5. The van der Waals surface area contributed by atoms with Crippen molar-refractivity contribution in [3.05, 3.63) is 46.0 Å². The molecule has 0 aromatic carbocycles. The van der Waals surface area contributed by atoms with Gasteiger partial charge in [0, 0.05) is 25.0 Å². The zero-order valence-electron chi connectivity index (χ0n) is 12.0. The number of pyridine rings is 1. The number of halogens is 1. The van der Waals surface area contributed by atoms with Gasteiger partial charge in [-0.1, -0.05) is 25.4 Å². The van der Waals surface area contributed by atoms with Crippen molar-refractivity contribution in [2.24, 2.45) is 7.05 Å². The number of hydrogen-bond donors (Lipinski definition) is 0. The number of aryl methyl sites for hydroxylation is 3. The van der Waals surface area contributed by atoms with Gasteiger partial charge in [-0.3, -0.25) is 14.5 Å². The summed E-state index contributed by atoms with van der Waals surface area (Å²) < 4.78 is 1.70. The average Bonchev–Trinajstić information content (AvgIpc) is 2.74. The molecule has 0 aliphatic heterocycles. The molecule has 0 amide bonds. The van der Waals surface area contributed by atoms with Crippen LogP contribution in [0.3, 0.4) is 0 Å². The fraction of sp³-hybridized carbons (Fsp3) is 0.400. The van der Waals surface area contributed by atoms with E-state index in [0.29, 0.717) is 5.02 Å². The summed E-state index contributed by atoms with van der Waals surface area (Å²) in [6, 6.07) is 1.77. The Balaban J connectivity index is 2.30. The number of ketones is 1. The number of carbonyl (C=O) groups is 1. The summed E-state index contributed by atoms with van der Waals surface area (Å²) in [6.07, 6.45) is 5.20. The highest BCUT2D eigenvalue weighted by molar-refractivity contribution is 6.32. The van der Waals surface area contributed by atoms with Crippen LogP contribution in [-0.4, -0.2) is 20.5 Å². The fourth-order valence-corrected chi connectivity index (χ4v) is 2.60. The summed E-state index contributed by atoms with van der Waals surface area (Å²) in [5.74, 6) is 0.0526. The number of nitrogens with zero attached hydrogens (tertiary/aromatic N) is 3. The van der Waals surface area contributed by atoms with Gasteiger partial charge in [-0.05, 0) is 24.5 Å². The molecule has 0 aliphatic carbocycles. The zero-order chi connectivity index (χ0) is 14.7. The minimum atomic E-state index is 0.0526. The van der Waals surface area contributed by atoms with Gasteiger partial charge in [0.25, 0.3) is 0 Å². The minimum Gasteiger partial charge on any atom is -0.294 e. The van der Waals surface area contributed by atoms with Crippen molar-refractivity contribution in [3.63, 3.8) is 0 Å². The van der Waals surface area contributed by atoms with E-state index in [2.05, 4.69) is 10.1 Å². The molecule has 5 heteroatoms. The smallest absolute Gasteiger partial charge is 0.169 e. The lowest BCUT2D eigenvalue weighted by Gasteiger charge is -2.06. The summed E-state index contributed by atoms with van der Waals surface area (Å²) in [5.41, 5.74) is 3.29. The Morgan fingerprint density at radius 2 is 2.10 bits per heavy atom. The largest absolute Gasteiger partial charge is 0.294 e. The first-order valence-corrected chi connectivity index (χ1v) is 7.12. The molecule has 0 radical (unpaired) electrons. The van der Waals surface area contributed by atoms with Crippen LogP contribution in [0.15, 0.2) is 18.5 Å². The van der Waals surface area contributed by atoms with Gasteiger partial charge in [-0.15, -0.1) is 0 Å². The highest BCUT2D eigenvalue weighted by atomic mass is 35.5. The number of Topliss-reactive ketones (excluding diaryl/α,β-unsaturated/α-hetero) is 1. The third-order valence-corrected chi connectivity index (χ3v) is 3.85. The summed E-state index contributed by atoms with van der Waals surface area (Å²) >= 11 is 6.29. The lowest BCUT2D eigenvalue weighted by molar-refractivity contribution is 0.0990. The maximum absolute atomic E-state index is 12.5. The third-order valence-electron chi connectivity index (χ3n) is 3.42. The van der Waals surface area contributed by atoms with Crippen LogP contribution in [0.5, 0.6) is 0 Å². The summed E-state index contributed by atoms with van der Waals surface area (Å²) in [6.45, 7) is 4.01. The number of aromatic nitrogens is 3.